The van der Waals surface area contributed by atoms with E-state index >= 15 is 0 Å². The number of carboxylic acids is 1. The molecule has 20 heavy (non-hydrogen) atoms. The molecule has 0 spiro atoms. The molecule has 1 fully saturated rings. The van der Waals surface area contributed by atoms with Crippen LogP contribution in [0.15, 0.2) is 30.6 Å². The highest BCUT2D eigenvalue weighted by Crippen LogP contribution is 2.37. The van der Waals surface area contributed by atoms with E-state index < -0.39 is 5.97 Å². The Labute approximate surface area is 114 Å². The van der Waals surface area contributed by atoms with Crippen molar-refractivity contribution in [2.75, 3.05) is 0 Å². The van der Waals surface area contributed by atoms with E-state index in [2.05, 4.69) is 19.7 Å². The second-order valence-electron chi connectivity index (χ2n) is 5.06. The van der Waals surface area contributed by atoms with E-state index in [0.29, 0.717) is 11.7 Å². The van der Waals surface area contributed by atoms with Gasteiger partial charge in [-0.05, 0) is 31.0 Å². The Morgan fingerprint density at radius 3 is 2.90 bits per heavy atom. The Balaban J connectivity index is 1.78. The molecular weight excluding hydrogens is 256 g/mol. The Morgan fingerprint density at radius 1 is 1.35 bits per heavy atom. The van der Waals surface area contributed by atoms with E-state index in [1.807, 2.05) is 24.5 Å². The lowest BCUT2D eigenvalue weighted by Gasteiger charge is -2.01. The summed E-state index contributed by atoms with van der Waals surface area (Å²) in [6.45, 7) is 0. The van der Waals surface area contributed by atoms with Gasteiger partial charge in [0.05, 0.1) is 23.1 Å². The third-order valence-corrected chi connectivity index (χ3v) is 3.62. The number of hydrogen-bond acceptors (Lipinski definition) is 3. The van der Waals surface area contributed by atoms with Crippen molar-refractivity contribution in [3.63, 3.8) is 0 Å². The quantitative estimate of drug-likeness (QED) is 0.764. The zero-order valence-electron chi connectivity index (χ0n) is 10.6. The van der Waals surface area contributed by atoms with E-state index in [0.717, 1.165) is 16.6 Å². The number of nitrogens with one attached hydrogen (secondary N) is 1. The van der Waals surface area contributed by atoms with Crippen LogP contribution in [0.3, 0.4) is 0 Å². The zero-order chi connectivity index (χ0) is 13.7. The van der Waals surface area contributed by atoms with Crippen LogP contribution in [0.1, 0.15) is 29.4 Å². The molecule has 1 aromatic carbocycles. The van der Waals surface area contributed by atoms with Crippen molar-refractivity contribution < 1.29 is 9.90 Å². The predicted octanol–water partition coefficient (Wildman–Crippen LogP) is 2.46. The fourth-order valence-electron chi connectivity index (χ4n) is 2.41. The second kappa shape index (κ2) is 3.93. The maximum absolute atomic E-state index is 10.9. The fourth-order valence-corrected chi connectivity index (χ4v) is 2.41. The van der Waals surface area contributed by atoms with Gasteiger partial charge in [0.1, 0.15) is 5.69 Å². The summed E-state index contributed by atoms with van der Waals surface area (Å²) >= 11 is 0. The van der Waals surface area contributed by atoms with Crippen molar-refractivity contribution in [3.8, 4) is 11.3 Å². The number of fused-ring (bicyclic) bond motifs is 1. The van der Waals surface area contributed by atoms with E-state index in [-0.39, 0.29) is 5.69 Å². The number of carboxylic acid groups (broad SMARTS) is 1. The lowest BCUT2D eigenvalue weighted by atomic mass is 10.1. The highest BCUT2D eigenvalue weighted by Gasteiger charge is 2.24. The minimum atomic E-state index is -1.01. The SMILES string of the molecule is O=C(O)c1cc(-c2ccc3c(c2)ncn3C2CC2)n[nH]1. The van der Waals surface area contributed by atoms with Gasteiger partial charge in [0.2, 0.25) is 0 Å². The lowest BCUT2D eigenvalue weighted by Crippen LogP contribution is -1.95. The third-order valence-electron chi connectivity index (χ3n) is 3.62. The maximum atomic E-state index is 10.9. The molecule has 0 atom stereocenters. The van der Waals surface area contributed by atoms with Gasteiger partial charge in [-0.25, -0.2) is 9.78 Å². The summed E-state index contributed by atoms with van der Waals surface area (Å²) in [5.74, 6) is -1.01. The topological polar surface area (TPSA) is 83.8 Å². The average Bonchev–Trinajstić information content (AvgIpc) is 3.03. The average molecular weight is 268 g/mol. The fraction of sp³-hybridized carbons (Fsp3) is 0.214. The monoisotopic (exact) mass is 268 g/mol. The third kappa shape index (κ3) is 1.69. The van der Waals surface area contributed by atoms with E-state index in [1.165, 1.54) is 18.9 Å². The van der Waals surface area contributed by atoms with E-state index in [4.69, 9.17) is 5.11 Å². The molecule has 4 rings (SSSR count). The second-order valence-corrected chi connectivity index (χ2v) is 5.06. The van der Waals surface area contributed by atoms with Gasteiger partial charge in [-0.2, -0.15) is 5.10 Å². The Morgan fingerprint density at radius 2 is 2.20 bits per heavy atom. The molecule has 0 radical (unpaired) electrons. The first-order valence-corrected chi connectivity index (χ1v) is 6.48. The molecule has 6 heteroatoms. The minimum Gasteiger partial charge on any atom is -0.477 e. The van der Waals surface area contributed by atoms with Gasteiger partial charge in [-0.15, -0.1) is 0 Å². The molecule has 1 aliphatic carbocycles. The van der Waals surface area contributed by atoms with Gasteiger partial charge in [-0.1, -0.05) is 6.07 Å². The van der Waals surface area contributed by atoms with Gasteiger partial charge < -0.3 is 9.67 Å². The first-order valence-electron chi connectivity index (χ1n) is 6.48. The van der Waals surface area contributed by atoms with Gasteiger partial charge in [0.15, 0.2) is 0 Å². The smallest absolute Gasteiger partial charge is 0.353 e. The predicted molar refractivity (Wildman–Crippen MR) is 72.5 cm³/mol. The van der Waals surface area contributed by atoms with Crippen LogP contribution in [0.4, 0.5) is 0 Å². The molecule has 6 nitrogen and oxygen atoms in total. The van der Waals surface area contributed by atoms with E-state index in [9.17, 15) is 4.79 Å². The molecule has 2 aromatic heterocycles. The molecule has 0 bridgehead atoms. The summed E-state index contributed by atoms with van der Waals surface area (Å²) in [5.41, 5.74) is 3.59. The summed E-state index contributed by atoms with van der Waals surface area (Å²) in [7, 11) is 0. The number of rotatable bonds is 3. The number of aromatic amines is 1. The number of nitrogens with zero attached hydrogens (tertiary/aromatic N) is 3. The summed E-state index contributed by atoms with van der Waals surface area (Å²) in [6.07, 6.45) is 4.31. The molecule has 2 N–H and O–H groups in total. The van der Waals surface area contributed by atoms with Crippen LogP contribution in [-0.2, 0) is 0 Å². The highest BCUT2D eigenvalue weighted by molar-refractivity contribution is 5.88. The van der Waals surface area contributed by atoms with Gasteiger partial charge in [0.25, 0.3) is 0 Å². The first-order chi connectivity index (χ1) is 9.72. The molecular formula is C14H12N4O2. The van der Waals surface area contributed by atoms with Crippen molar-refractivity contribution in [1.82, 2.24) is 19.7 Å². The minimum absolute atomic E-state index is 0.0867. The van der Waals surface area contributed by atoms with Crippen LogP contribution in [0, 0.1) is 0 Å². The number of carbonyl (C=O) groups is 1. The van der Waals surface area contributed by atoms with Crippen LogP contribution >= 0.6 is 0 Å². The molecule has 3 aromatic rings. The summed E-state index contributed by atoms with van der Waals surface area (Å²) in [5, 5.41) is 15.4. The van der Waals surface area contributed by atoms with Crippen molar-refractivity contribution in [3.05, 3.63) is 36.3 Å². The number of hydrogen-bond donors (Lipinski definition) is 2. The standard InChI is InChI=1S/C14H12N4O2/c19-14(20)12-6-10(16-17-12)8-1-4-13-11(5-8)15-7-18(13)9-2-3-9/h1,4-7,9H,2-3H2,(H,16,17)(H,19,20). The summed E-state index contributed by atoms with van der Waals surface area (Å²) < 4.78 is 2.20. The Kier molecular flexibility index (Phi) is 2.20. The number of aromatic nitrogens is 4. The molecule has 1 aliphatic rings. The summed E-state index contributed by atoms with van der Waals surface area (Å²) in [4.78, 5) is 15.3. The molecule has 100 valence electrons. The van der Waals surface area contributed by atoms with Crippen LogP contribution in [0.5, 0.6) is 0 Å². The van der Waals surface area contributed by atoms with Crippen molar-refractivity contribution in [1.29, 1.82) is 0 Å². The lowest BCUT2D eigenvalue weighted by molar-refractivity contribution is 0.0690. The van der Waals surface area contributed by atoms with Crippen LogP contribution in [-0.4, -0.2) is 30.8 Å². The van der Waals surface area contributed by atoms with E-state index in [1.54, 1.807) is 0 Å². The molecule has 0 saturated heterocycles. The van der Waals surface area contributed by atoms with Crippen LogP contribution in [0.25, 0.3) is 22.3 Å². The Bertz CT molecular complexity index is 814. The van der Waals surface area contributed by atoms with Crippen molar-refractivity contribution in [2.24, 2.45) is 0 Å². The first kappa shape index (κ1) is 11.2. The van der Waals surface area contributed by atoms with Gasteiger partial charge >= 0.3 is 5.97 Å². The molecule has 1 saturated carbocycles. The van der Waals surface area contributed by atoms with Crippen LogP contribution < -0.4 is 0 Å². The molecule has 2 heterocycles. The highest BCUT2D eigenvalue weighted by atomic mass is 16.4. The normalized spacial score (nSPS) is 14.8. The zero-order valence-corrected chi connectivity index (χ0v) is 10.6. The summed E-state index contributed by atoms with van der Waals surface area (Å²) in [6, 6.07) is 8.03. The van der Waals surface area contributed by atoms with Crippen molar-refractivity contribution >= 4 is 17.0 Å². The van der Waals surface area contributed by atoms with Gasteiger partial charge in [-0.3, -0.25) is 5.10 Å². The number of H-pyrrole nitrogens is 1. The number of imidazole rings is 1. The number of aromatic carboxylic acids is 1. The van der Waals surface area contributed by atoms with Crippen LogP contribution in [0.2, 0.25) is 0 Å². The maximum Gasteiger partial charge on any atom is 0.353 e. The van der Waals surface area contributed by atoms with Crippen molar-refractivity contribution in [2.45, 2.75) is 18.9 Å². The largest absolute Gasteiger partial charge is 0.477 e. The number of benzene rings is 1. The molecule has 0 unspecified atom stereocenters. The molecule has 0 amide bonds. The van der Waals surface area contributed by atoms with Gasteiger partial charge in [0, 0.05) is 11.6 Å². The Hall–Kier alpha value is -2.63. The molecule has 0 aliphatic heterocycles.